The van der Waals surface area contributed by atoms with E-state index in [1.165, 1.54) is 11.1 Å². The minimum atomic E-state index is 0.286. The van der Waals surface area contributed by atoms with Crippen molar-refractivity contribution in [2.24, 2.45) is 0 Å². The van der Waals surface area contributed by atoms with Crippen molar-refractivity contribution in [2.45, 2.75) is 6.42 Å². The standard InChI is InChI=1S/C37H28O2/c38-36-21-19-32(24-34(36)30-7-3-1-4-8-30)28-15-11-26(12-16-28)23-27-13-17-29(18-14-27)33-20-22-37(39)35(25-33)31-9-5-2-6-10-31/h1-22,24-25,38-39H,23H2. The first-order chi connectivity index (χ1) is 19.1. The summed E-state index contributed by atoms with van der Waals surface area (Å²) in [7, 11) is 0. The van der Waals surface area contributed by atoms with E-state index >= 15 is 0 Å². The highest BCUT2D eigenvalue weighted by molar-refractivity contribution is 5.78. The first-order valence-electron chi connectivity index (χ1n) is 13.1. The van der Waals surface area contributed by atoms with Gasteiger partial charge in [-0.3, -0.25) is 0 Å². The van der Waals surface area contributed by atoms with E-state index < -0.39 is 0 Å². The molecule has 6 aromatic rings. The Hall–Kier alpha value is -5.08. The minimum absolute atomic E-state index is 0.286. The van der Waals surface area contributed by atoms with Gasteiger partial charge in [-0.25, -0.2) is 0 Å². The van der Waals surface area contributed by atoms with Crippen molar-refractivity contribution in [3.63, 3.8) is 0 Å². The number of rotatable bonds is 6. The Morgan fingerprint density at radius 3 is 1.08 bits per heavy atom. The Kier molecular flexibility index (Phi) is 6.67. The van der Waals surface area contributed by atoms with E-state index in [0.717, 1.165) is 50.9 Å². The molecule has 0 saturated carbocycles. The van der Waals surface area contributed by atoms with Crippen LogP contribution in [0.4, 0.5) is 0 Å². The molecule has 0 aliphatic heterocycles. The van der Waals surface area contributed by atoms with Crippen molar-refractivity contribution in [1.29, 1.82) is 0 Å². The summed E-state index contributed by atoms with van der Waals surface area (Å²) in [5.41, 5.74) is 10.5. The number of phenolic OH excluding ortho intramolecular Hbond substituents is 2. The molecule has 39 heavy (non-hydrogen) atoms. The van der Waals surface area contributed by atoms with E-state index in [2.05, 4.69) is 48.5 Å². The Labute approximate surface area is 229 Å². The summed E-state index contributed by atoms with van der Waals surface area (Å²) < 4.78 is 0. The SMILES string of the molecule is Oc1ccc(-c2ccc(Cc3ccc(-c4ccc(O)c(-c5ccccc5)c4)cc3)cc2)cc1-c1ccccc1. The molecule has 0 spiro atoms. The molecule has 0 radical (unpaired) electrons. The molecule has 188 valence electrons. The van der Waals surface area contributed by atoms with Crippen molar-refractivity contribution in [2.75, 3.05) is 0 Å². The van der Waals surface area contributed by atoms with E-state index in [0.29, 0.717) is 0 Å². The summed E-state index contributed by atoms with van der Waals surface area (Å²) in [6.07, 6.45) is 0.843. The molecule has 6 aromatic carbocycles. The zero-order valence-corrected chi connectivity index (χ0v) is 21.5. The van der Waals surface area contributed by atoms with Crippen LogP contribution in [-0.4, -0.2) is 10.2 Å². The van der Waals surface area contributed by atoms with Gasteiger partial charge in [0.15, 0.2) is 0 Å². The van der Waals surface area contributed by atoms with Gasteiger partial charge >= 0.3 is 0 Å². The first-order valence-corrected chi connectivity index (χ1v) is 13.1. The summed E-state index contributed by atoms with van der Waals surface area (Å²) >= 11 is 0. The third kappa shape index (κ3) is 5.32. The van der Waals surface area contributed by atoms with Gasteiger partial charge in [-0.05, 0) is 75.2 Å². The van der Waals surface area contributed by atoms with Crippen LogP contribution >= 0.6 is 0 Å². The van der Waals surface area contributed by atoms with Crippen LogP contribution in [0.5, 0.6) is 11.5 Å². The predicted octanol–water partition coefficient (Wildman–Crippen LogP) is 9.36. The highest BCUT2D eigenvalue weighted by atomic mass is 16.3. The molecule has 0 aliphatic carbocycles. The van der Waals surface area contributed by atoms with E-state index in [1.807, 2.05) is 84.9 Å². The van der Waals surface area contributed by atoms with Gasteiger partial charge < -0.3 is 10.2 Å². The topological polar surface area (TPSA) is 40.5 Å². The second-order valence-electron chi connectivity index (χ2n) is 9.77. The summed E-state index contributed by atoms with van der Waals surface area (Å²) in [4.78, 5) is 0. The largest absolute Gasteiger partial charge is 0.507 e. The molecule has 0 unspecified atom stereocenters. The predicted molar refractivity (Wildman–Crippen MR) is 161 cm³/mol. The quantitative estimate of drug-likeness (QED) is 0.237. The van der Waals surface area contributed by atoms with Gasteiger partial charge in [-0.1, -0.05) is 121 Å². The highest BCUT2D eigenvalue weighted by Crippen LogP contribution is 2.35. The molecule has 0 fully saturated rings. The first kappa shape index (κ1) is 24.3. The van der Waals surface area contributed by atoms with Crippen LogP contribution in [0.2, 0.25) is 0 Å². The van der Waals surface area contributed by atoms with Crippen LogP contribution < -0.4 is 0 Å². The zero-order valence-electron chi connectivity index (χ0n) is 21.5. The summed E-state index contributed by atoms with van der Waals surface area (Å²) in [6.45, 7) is 0. The molecule has 0 bridgehead atoms. The van der Waals surface area contributed by atoms with Crippen molar-refractivity contribution in [3.8, 4) is 56.0 Å². The number of aromatic hydroxyl groups is 2. The van der Waals surface area contributed by atoms with Gasteiger partial charge in [-0.15, -0.1) is 0 Å². The van der Waals surface area contributed by atoms with Gasteiger partial charge in [0.2, 0.25) is 0 Å². The van der Waals surface area contributed by atoms with Gasteiger partial charge in [-0.2, -0.15) is 0 Å². The summed E-state index contributed by atoms with van der Waals surface area (Å²) in [5.74, 6) is 0.572. The number of hydrogen-bond acceptors (Lipinski definition) is 2. The molecule has 0 aromatic heterocycles. The van der Waals surface area contributed by atoms with Crippen LogP contribution in [0.15, 0.2) is 146 Å². The number of benzene rings is 6. The molecule has 2 N–H and O–H groups in total. The molecule has 2 heteroatoms. The third-order valence-corrected chi connectivity index (χ3v) is 7.15. The van der Waals surface area contributed by atoms with Crippen LogP contribution in [-0.2, 0) is 6.42 Å². The maximum Gasteiger partial charge on any atom is 0.123 e. The van der Waals surface area contributed by atoms with Crippen LogP contribution in [0.25, 0.3) is 44.5 Å². The molecular formula is C37H28O2. The van der Waals surface area contributed by atoms with Crippen molar-refractivity contribution in [3.05, 3.63) is 157 Å². The van der Waals surface area contributed by atoms with E-state index in [9.17, 15) is 10.2 Å². The molecule has 0 aliphatic rings. The molecule has 0 heterocycles. The van der Waals surface area contributed by atoms with Crippen molar-refractivity contribution < 1.29 is 10.2 Å². The van der Waals surface area contributed by atoms with Gasteiger partial charge in [0.25, 0.3) is 0 Å². The lowest BCUT2D eigenvalue weighted by atomic mass is 9.95. The van der Waals surface area contributed by atoms with Crippen LogP contribution in [0.3, 0.4) is 0 Å². The Morgan fingerprint density at radius 1 is 0.333 bits per heavy atom. The lowest BCUT2D eigenvalue weighted by Gasteiger charge is -2.10. The van der Waals surface area contributed by atoms with Crippen LogP contribution in [0, 0.1) is 0 Å². The second kappa shape index (κ2) is 10.7. The second-order valence-corrected chi connectivity index (χ2v) is 9.77. The smallest absolute Gasteiger partial charge is 0.123 e. The maximum absolute atomic E-state index is 10.4. The lowest BCUT2D eigenvalue weighted by molar-refractivity contribution is 0.477. The van der Waals surface area contributed by atoms with Gasteiger partial charge in [0.1, 0.15) is 11.5 Å². The highest BCUT2D eigenvalue weighted by Gasteiger charge is 2.09. The van der Waals surface area contributed by atoms with Crippen LogP contribution in [0.1, 0.15) is 11.1 Å². The molecule has 0 amide bonds. The summed E-state index contributed by atoms with van der Waals surface area (Å²) in [5, 5.41) is 20.8. The van der Waals surface area contributed by atoms with Gasteiger partial charge in [0.05, 0.1) is 0 Å². The van der Waals surface area contributed by atoms with Crippen molar-refractivity contribution in [1.82, 2.24) is 0 Å². The molecule has 0 saturated heterocycles. The Morgan fingerprint density at radius 2 is 0.692 bits per heavy atom. The monoisotopic (exact) mass is 504 g/mol. The van der Waals surface area contributed by atoms with Crippen molar-refractivity contribution >= 4 is 0 Å². The fraction of sp³-hybridized carbons (Fsp3) is 0.0270. The Balaban J connectivity index is 1.18. The Bertz CT molecular complexity index is 1570. The maximum atomic E-state index is 10.4. The number of hydrogen-bond donors (Lipinski definition) is 2. The fourth-order valence-corrected chi connectivity index (χ4v) is 4.99. The molecule has 0 atom stereocenters. The third-order valence-electron chi connectivity index (χ3n) is 7.15. The molecule has 2 nitrogen and oxygen atoms in total. The minimum Gasteiger partial charge on any atom is -0.507 e. The normalized spacial score (nSPS) is 10.9. The average molecular weight is 505 g/mol. The van der Waals surface area contributed by atoms with Gasteiger partial charge in [0, 0.05) is 11.1 Å². The molecule has 6 rings (SSSR count). The molecular weight excluding hydrogens is 476 g/mol. The fourth-order valence-electron chi connectivity index (χ4n) is 4.99. The summed E-state index contributed by atoms with van der Waals surface area (Å²) in [6, 6.07) is 48.7. The van der Waals surface area contributed by atoms with E-state index in [-0.39, 0.29) is 11.5 Å². The lowest BCUT2D eigenvalue weighted by Crippen LogP contribution is -1.89. The average Bonchev–Trinajstić information content (AvgIpc) is 2.99. The van der Waals surface area contributed by atoms with E-state index in [4.69, 9.17) is 0 Å². The zero-order chi connectivity index (χ0) is 26.6. The number of phenols is 2. The van der Waals surface area contributed by atoms with E-state index in [1.54, 1.807) is 12.1 Å².